The van der Waals surface area contributed by atoms with Gasteiger partial charge in [0.15, 0.2) is 12.3 Å². The van der Waals surface area contributed by atoms with E-state index in [1.54, 1.807) is 36.0 Å². The molecule has 0 saturated heterocycles. The van der Waals surface area contributed by atoms with E-state index >= 15 is 0 Å². The number of halogens is 2. The molecule has 1 aromatic heterocycles. The van der Waals surface area contributed by atoms with Crippen LogP contribution in [-0.4, -0.2) is 40.2 Å². The molecule has 2 aromatic carbocycles. The monoisotopic (exact) mass is 439 g/mol. The summed E-state index contributed by atoms with van der Waals surface area (Å²) in [6.45, 7) is -0.153. The topological polar surface area (TPSA) is 64.4 Å². The molecule has 0 spiro atoms. The summed E-state index contributed by atoms with van der Waals surface area (Å²) in [6.07, 6.45) is 3.36. The average Bonchev–Trinajstić information content (AvgIpc) is 3.19. The first-order valence-corrected chi connectivity index (χ1v) is 10.4. The fourth-order valence-electron chi connectivity index (χ4n) is 3.82. The van der Waals surface area contributed by atoms with E-state index in [1.165, 1.54) is 29.2 Å². The number of esters is 1. The number of hydrogen-bond acceptors (Lipinski definition) is 4. The van der Waals surface area contributed by atoms with Crippen molar-refractivity contribution in [1.29, 1.82) is 0 Å². The van der Waals surface area contributed by atoms with Gasteiger partial charge in [0.25, 0.3) is 5.91 Å². The third-order valence-electron chi connectivity index (χ3n) is 5.53. The minimum Gasteiger partial charge on any atom is -0.451 e. The quantitative estimate of drug-likeness (QED) is 0.548. The van der Waals surface area contributed by atoms with Crippen LogP contribution < -0.4 is 0 Å². The highest BCUT2D eigenvalue weighted by atomic mass is 19.1. The molecule has 1 amide bonds. The molecule has 3 aromatic rings. The molecule has 0 bridgehead atoms. The van der Waals surface area contributed by atoms with Crippen LogP contribution in [0, 0.1) is 11.6 Å². The van der Waals surface area contributed by atoms with E-state index in [0.717, 1.165) is 36.1 Å². The number of rotatable bonds is 6. The Morgan fingerprint density at radius 2 is 1.62 bits per heavy atom. The molecule has 8 heteroatoms. The molecule has 166 valence electrons. The summed E-state index contributed by atoms with van der Waals surface area (Å²) >= 11 is 0. The number of carbonyl (C=O) groups excluding carboxylic acids is 2. The molecule has 0 radical (unpaired) electrons. The highest BCUT2D eigenvalue weighted by molar-refractivity contribution is 5.91. The maximum absolute atomic E-state index is 13.3. The van der Waals surface area contributed by atoms with Gasteiger partial charge in [-0.05, 0) is 67.6 Å². The maximum atomic E-state index is 13.3. The van der Waals surface area contributed by atoms with Gasteiger partial charge in [-0.2, -0.15) is 5.10 Å². The van der Waals surface area contributed by atoms with Gasteiger partial charge in [0, 0.05) is 24.8 Å². The Kier molecular flexibility index (Phi) is 6.30. The van der Waals surface area contributed by atoms with Crippen molar-refractivity contribution < 1.29 is 23.1 Å². The second kappa shape index (κ2) is 9.30. The highest BCUT2D eigenvalue weighted by Gasteiger charge is 2.27. The van der Waals surface area contributed by atoms with E-state index in [2.05, 4.69) is 5.10 Å². The van der Waals surface area contributed by atoms with Gasteiger partial charge in [-0.1, -0.05) is 12.1 Å². The average molecular weight is 439 g/mol. The summed E-state index contributed by atoms with van der Waals surface area (Å²) in [7, 11) is 1.59. The lowest BCUT2D eigenvalue weighted by molar-refractivity contribution is -0.133. The van der Waals surface area contributed by atoms with E-state index in [-0.39, 0.29) is 29.8 Å². The molecular formula is C24H23F2N3O3. The third-order valence-corrected chi connectivity index (χ3v) is 5.53. The molecule has 0 saturated carbocycles. The van der Waals surface area contributed by atoms with Crippen molar-refractivity contribution in [1.82, 2.24) is 14.7 Å². The van der Waals surface area contributed by atoms with Crippen molar-refractivity contribution >= 4 is 11.9 Å². The van der Waals surface area contributed by atoms with Crippen LogP contribution in [0.5, 0.6) is 0 Å². The normalized spacial score (nSPS) is 12.8. The molecule has 0 fully saturated rings. The summed E-state index contributed by atoms with van der Waals surface area (Å²) in [4.78, 5) is 26.6. The summed E-state index contributed by atoms with van der Waals surface area (Å²) in [5, 5.41) is 4.45. The lowest BCUT2D eigenvalue weighted by Gasteiger charge is -2.17. The Morgan fingerprint density at radius 1 is 1.00 bits per heavy atom. The molecular weight excluding hydrogens is 416 g/mol. The zero-order valence-corrected chi connectivity index (χ0v) is 17.7. The van der Waals surface area contributed by atoms with E-state index in [0.29, 0.717) is 12.1 Å². The molecule has 1 aliphatic rings. The number of carbonyl (C=O) groups is 2. The van der Waals surface area contributed by atoms with E-state index < -0.39 is 12.6 Å². The van der Waals surface area contributed by atoms with Crippen LogP contribution in [0.4, 0.5) is 8.78 Å². The first kappa shape index (κ1) is 21.7. The van der Waals surface area contributed by atoms with Crippen molar-refractivity contribution in [2.24, 2.45) is 0 Å². The van der Waals surface area contributed by atoms with Crippen LogP contribution in [0.1, 0.15) is 40.2 Å². The Balaban J connectivity index is 1.45. The number of benzene rings is 2. The van der Waals surface area contributed by atoms with Gasteiger partial charge >= 0.3 is 5.97 Å². The summed E-state index contributed by atoms with van der Waals surface area (Å²) in [5.41, 5.74) is 3.35. The number of hydrogen-bond donors (Lipinski definition) is 0. The van der Waals surface area contributed by atoms with Crippen LogP contribution in [0.15, 0.2) is 48.5 Å². The standard InChI is InChI=1S/C24H23F2N3O3/c1-28(14-16-6-8-17(25)9-7-16)22(30)15-32-24(31)23-20-4-2-3-5-21(20)29(27-23)19-12-10-18(26)11-13-19/h6-13H,2-5,14-15H2,1H3. The van der Waals surface area contributed by atoms with Gasteiger partial charge in [-0.25, -0.2) is 18.3 Å². The molecule has 1 heterocycles. The molecule has 4 rings (SSSR count). The van der Waals surface area contributed by atoms with Crippen molar-refractivity contribution in [2.75, 3.05) is 13.7 Å². The van der Waals surface area contributed by atoms with Gasteiger partial charge in [-0.15, -0.1) is 0 Å². The fourth-order valence-corrected chi connectivity index (χ4v) is 3.82. The Hall–Kier alpha value is -3.55. The maximum Gasteiger partial charge on any atom is 0.359 e. The molecule has 0 aliphatic heterocycles. The predicted molar refractivity (Wildman–Crippen MR) is 113 cm³/mol. The third kappa shape index (κ3) is 4.69. The number of fused-ring (bicyclic) bond motifs is 1. The number of amides is 1. The van der Waals surface area contributed by atoms with Crippen LogP contribution in [0.25, 0.3) is 5.69 Å². The van der Waals surface area contributed by atoms with Gasteiger partial charge in [0.2, 0.25) is 0 Å². The largest absolute Gasteiger partial charge is 0.451 e. The van der Waals surface area contributed by atoms with Crippen molar-refractivity contribution in [3.8, 4) is 5.69 Å². The smallest absolute Gasteiger partial charge is 0.359 e. The Bertz CT molecular complexity index is 1120. The number of aromatic nitrogens is 2. The van der Waals surface area contributed by atoms with Crippen LogP contribution in [-0.2, 0) is 28.9 Å². The second-order valence-electron chi connectivity index (χ2n) is 7.82. The molecule has 6 nitrogen and oxygen atoms in total. The Morgan fingerprint density at radius 3 is 2.31 bits per heavy atom. The van der Waals surface area contributed by atoms with Gasteiger partial charge in [0.05, 0.1) is 5.69 Å². The molecule has 1 aliphatic carbocycles. The zero-order chi connectivity index (χ0) is 22.7. The first-order valence-electron chi connectivity index (χ1n) is 10.4. The van der Waals surface area contributed by atoms with Crippen LogP contribution in [0.2, 0.25) is 0 Å². The number of likely N-dealkylation sites (N-methyl/N-ethyl adjacent to an activating group) is 1. The van der Waals surface area contributed by atoms with Crippen molar-refractivity contribution in [2.45, 2.75) is 32.2 Å². The lowest BCUT2D eigenvalue weighted by atomic mass is 9.95. The van der Waals surface area contributed by atoms with E-state index in [4.69, 9.17) is 4.74 Å². The predicted octanol–water partition coefficient (Wildman–Crippen LogP) is 3.84. The SMILES string of the molecule is CN(Cc1ccc(F)cc1)C(=O)COC(=O)c1nn(-c2ccc(F)cc2)c2c1CCCC2. The summed E-state index contributed by atoms with van der Waals surface area (Å²) < 4.78 is 33.3. The molecule has 0 unspecified atom stereocenters. The second-order valence-corrected chi connectivity index (χ2v) is 7.82. The van der Waals surface area contributed by atoms with Gasteiger partial charge in [-0.3, -0.25) is 4.79 Å². The first-order chi connectivity index (χ1) is 15.4. The molecule has 0 N–H and O–H groups in total. The van der Waals surface area contributed by atoms with Crippen molar-refractivity contribution in [3.05, 3.63) is 82.7 Å². The summed E-state index contributed by atoms with van der Waals surface area (Å²) in [6, 6.07) is 11.8. The highest BCUT2D eigenvalue weighted by Crippen LogP contribution is 2.27. The van der Waals surface area contributed by atoms with E-state index in [1.807, 2.05) is 0 Å². The molecule has 32 heavy (non-hydrogen) atoms. The zero-order valence-electron chi connectivity index (χ0n) is 17.7. The number of ether oxygens (including phenoxy) is 1. The minimum absolute atomic E-state index is 0.193. The fraction of sp³-hybridized carbons (Fsp3) is 0.292. The Labute approximate surface area is 184 Å². The molecule has 0 atom stereocenters. The van der Waals surface area contributed by atoms with Gasteiger partial charge < -0.3 is 9.64 Å². The van der Waals surface area contributed by atoms with Gasteiger partial charge in [0.1, 0.15) is 11.6 Å². The van der Waals surface area contributed by atoms with Crippen LogP contribution in [0.3, 0.4) is 0 Å². The number of nitrogens with zero attached hydrogens (tertiary/aromatic N) is 3. The van der Waals surface area contributed by atoms with Crippen LogP contribution >= 0.6 is 0 Å². The van der Waals surface area contributed by atoms with Crippen molar-refractivity contribution in [3.63, 3.8) is 0 Å². The minimum atomic E-state index is -0.660. The van der Waals surface area contributed by atoms with E-state index in [9.17, 15) is 18.4 Å². The lowest BCUT2D eigenvalue weighted by Crippen LogP contribution is -2.31. The summed E-state index contributed by atoms with van der Waals surface area (Å²) in [5.74, 6) is -1.74.